The highest BCUT2D eigenvalue weighted by molar-refractivity contribution is 9.10. The van der Waals surface area contributed by atoms with Crippen LogP contribution in [0.25, 0.3) is 0 Å². The number of rotatable bonds is 3. The molecule has 0 aliphatic carbocycles. The summed E-state index contributed by atoms with van der Waals surface area (Å²) >= 11 is 9.51. The van der Waals surface area contributed by atoms with E-state index in [4.69, 9.17) is 11.6 Å². The van der Waals surface area contributed by atoms with Gasteiger partial charge in [0, 0.05) is 12.1 Å². The number of amides is 1. The average Bonchev–Trinajstić information content (AvgIpc) is 2.25. The Morgan fingerprint density at radius 1 is 1.41 bits per heavy atom. The van der Waals surface area contributed by atoms with Crippen molar-refractivity contribution in [2.45, 2.75) is 31.1 Å². The zero-order chi connectivity index (χ0) is 13.2. The molecule has 4 heteroatoms. The highest BCUT2D eigenvalue weighted by atomic mass is 79.9. The topological polar surface area (TPSA) is 20.3 Å². The van der Waals surface area contributed by atoms with Crippen molar-refractivity contribution in [2.75, 3.05) is 7.05 Å². The maximum Gasteiger partial charge on any atom is 0.239 e. The Hall–Kier alpha value is -0.540. The Balaban J connectivity index is 2.95. The summed E-state index contributed by atoms with van der Waals surface area (Å²) in [7, 11) is 1.79. The van der Waals surface area contributed by atoms with Crippen LogP contribution in [0, 0.1) is 0 Å². The first-order chi connectivity index (χ1) is 7.75. The molecule has 2 nitrogen and oxygen atoms in total. The van der Waals surface area contributed by atoms with Crippen LogP contribution in [-0.4, -0.2) is 22.2 Å². The molecular weight excluding hydrogens is 302 g/mol. The molecule has 94 valence electrons. The van der Waals surface area contributed by atoms with Crippen LogP contribution in [0.3, 0.4) is 0 Å². The van der Waals surface area contributed by atoms with Crippen LogP contribution in [0.1, 0.15) is 32.4 Å². The van der Waals surface area contributed by atoms with E-state index in [1.54, 1.807) is 11.9 Å². The van der Waals surface area contributed by atoms with E-state index in [1.165, 1.54) is 0 Å². The molecule has 0 aromatic heterocycles. The summed E-state index contributed by atoms with van der Waals surface area (Å²) in [4.78, 5) is 13.8. The van der Waals surface area contributed by atoms with Gasteiger partial charge in [0.15, 0.2) is 0 Å². The number of carbonyl (C=O) groups excluding carboxylic acids is 1. The summed E-state index contributed by atoms with van der Waals surface area (Å²) in [6, 6.07) is 7.54. The first kappa shape index (κ1) is 14.5. The Kier molecular flexibility index (Phi) is 4.62. The van der Waals surface area contributed by atoms with E-state index in [2.05, 4.69) is 15.9 Å². The third kappa shape index (κ3) is 3.46. The lowest BCUT2D eigenvalue weighted by atomic mass is 10.1. The molecule has 0 radical (unpaired) electrons. The van der Waals surface area contributed by atoms with Crippen molar-refractivity contribution < 1.29 is 4.79 Å². The molecule has 1 aromatic rings. The van der Waals surface area contributed by atoms with E-state index < -0.39 is 4.32 Å². The summed E-state index contributed by atoms with van der Waals surface area (Å²) in [6.45, 7) is 5.65. The number of alkyl halides is 1. The Labute approximate surface area is 116 Å². The summed E-state index contributed by atoms with van der Waals surface area (Å²) in [5, 5.41) is 0.687. The van der Waals surface area contributed by atoms with Crippen molar-refractivity contribution in [2.24, 2.45) is 0 Å². The molecule has 1 atom stereocenters. The quantitative estimate of drug-likeness (QED) is 0.770. The molecule has 0 saturated heterocycles. The van der Waals surface area contributed by atoms with Crippen molar-refractivity contribution in [3.05, 3.63) is 34.9 Å². The molecule has 0 aliphatic rings. The van der Waals surface area contributed by atoms with Gasteiger partial charge < -0.3 is 4.90 Å². The number of hydrogen-bond acceptors (Lipinski definition) is 1. The number of halogens is 2. The van der Waals surface area contributed by atoms with Gasteiger partial charge in [-0.3, -0.25) is 4.79 Å². The molecule has 0 bridgehead atoms. The second-order valence-electron chi connectivity index (χ2n) is 4.59. The average molecular weight is 319 g/mol. The van der Waals surface area contributed by atoms with Gasteiger partial charge in [0.05, 0.1) is 10.4 Å². The van der Waals surface area contributed by atoms with Crippen LogP contribution < -0.4 is 0 Å². The fourth-order valence-electron chi connectivity index (χ4n) is 1.62. The van der Waals surface area contributed by atoms with Gasteiger partial charge in [-0.25, -0.2) is 0 Å². The molecule has 1 rings (SSSR count). The molecule has 0 spiro atoms. The number of hydrogen-bond donors (Lipinski definition) is 0. The molecule has 0 aliphatic heterocycles. The lowest BCUT2D eigenvalue weighted by Crippen LogP contribution is -2.40. The van der Waals surface area contributed by atoms with Gasteiger partial charge in [-0.05, 0) is 32.4 Å². The van der Waals surface area contributed by atoms with Crippen LogP contribution in [-0.2, 0) is 4.79 Å². The monoisotopic (exact) mass is 317 g/mol. The highest BCUT2D eigenvalue weighted by Crippen LogP contribution is 2.29. The van der Waals surface area contributed by atoms with Gasteiger partial charge in [0.25, 0.3) is 0 Å². The first-order valence-corrected chi connectivity index (χ1v) is 6.63. The molecule has 0 saturated carbocycles. The second-order valence-corrected chi connectivity index (χ2v) is 6.98. The summed E-state index contributed by atoms with van der Waals surface area (Å²) in [5.74, 6) is 0.0323. The number of nitrogens with zero attached hydrogens (tertiary/aromatic N) is 1. The SMILES string of the molecule is CC(c1ccccc1Cl)N(C)C(=O)C(C)(C)Br. The fourth-order valence-corrected chi connectivity index (χ4v) is 2.19. The van der Waals surface area contributed by atoms with Gasteiger partial charge in [-0.15, -0.1) is 0 Å². The van der Waals surface area contributed by atoms with E-state index >= 15 is 0 Å². The maximum absolute atomic E-state index is 12.1. The fraction of sp³-hybridized carbons (Fsp3) is 0.462. The molecule has 1 aromatic carbocycles. The third-order valence-corrected chi connectivity index (χ3v) is 3.45. The minimum atomic E-state index is -0.558. The number of carbonyl (C=O) groups is 1. The standard InChI is InChI=1S/C13H17BrClNO/c1-9(10-7-5-6-8-11(10)15)16(4)12(17)13(2,3)14/h5-9H,1-4H3. The molecule has 17 heavy (non-hydrogen) atoms. The zero-order valence-corrected chi connectivity index (χ0v) is 12.8. The summed E-state index contributed by atoms with van der Waals surface area (Å²) < 4.78 is -0.558. The van der Waals surface area contributed by atoms with Gasteiger partial charge in [-0.2, -0.15) is 0 Å². The number of benzene rings is 1. The minimum Gasteiger partial charge on any atom is -0.338 e. The van der Waals surface area contributed by atoms with Crippen LogP contribution in [0.2, 0.25) is 5.02 Å². The Bertz CT molecular complexity index is 414. The molecule has 1 unspecified atom stereocenters. The van der Waals surface area contributed by atoms with Crippen LogP contribution in [0.5, 0.6) is 0 Å². The predicted octanol–water partition coefficient (Wildman–Crippen LogP) is 4.03. The van der Waals surface area contributed by atoms with E-state index in [0.29, 0.717) is 5.02 Å². The van der Waals surface area contributed by atoms with E-state index in [0.717, 1.165) is 5.56 Å². The summed E-state index contributed by atoms with van der Waals surface area (Å²) in [5.41, 5.74) is 0.960. The van der Waals surface area contributed by atoms with Crippen LogP contribution in [0.15, 0.2) is 24.3 Å². The first-order valence-electron chi connectivity index (χ1n) is 5.45. The lowest BCUT2D eigenvalue weighted by Gasteiger charge is -2.30. The smallest absolute Gasteiger partial charge is 0.239 e. The van der Waals surface area contributed by atoms with Gasteiger partial charge >= 0.3 is 0 Å². The van der Waals surface area contributed by atoms with Gasteiger partial charge in [-0.1, -0.05) is 45.7 Å². The Morgan fingerprint density at radius 2 is 1.94 bits per heavy atom. The van der Waals surface area contributed by atoms with Gasteiger partial charge in [0.1, 0.15) is 0 Å². The van der Waals surface area contributed by atoms with Crippen molar-refractivity contribution in [1.29, 1.82) is 0 Å². The van der Waals surface area contributed by atoms with E-state index in [-0.39, 0.29) is 11.9 Å². The van der Waals surface area contributed by atoms with Crippen molar-refractivity contribution in [3.8, 4) is 0 Å². The predicted molar refractivity (Wildman–Crippen MR) is 75.6 cm³/mol. The third-order valence-electron chi connectivity index (χ3n) is 2.77. The molecule has 0 N–H and O–H groups in total. The van der Waals surface area contributed by atoms with Crippen LogP contribution in [0.4, 0.5) is 0 Å². The van der Waals surface area contributed by atoms with E-state index in [1.807, 2.05) is 45.0 Å². The van der Waals surface area contributed by atoms with Gasteiger partial charge in [0.2, 0.25) is 5.91 Å². The van der Waals surface area contributed by atoms with Crippen molar-refractivity contribution in [3.63, 3.8) is 0 Å². The molecule has 0 heterocycles. The second kappa shape index (κ2) is 5.40. The minimum absolute atomic E-state index is 0.0323. The molecule has 0 fully saturated rings. The zero-order valence-electron chi connectivity index (χ0n) is 10.5. The molecular formula is C13H17BrClNO. The summed E-state index contributed by atoms with van der Waals surface area (Å²) in [6.07, 6.45) is 0. The van der Waals surface area contributed by atoms with Crippen molar-refractivity contribution >= 4 is 33.4 Å². The molecule has 1 amide bonds. The van der Waals surface area contributed by atoms with Crippen LogP contribution >= 0.6 is 27.5 Å². The normalized spacial score (nSPS) is 13.3. The Morgan fingerprint density at radius 3 is 2.41 bits per heavy atom. The largest absolute Gasteiger partial charge is 0.338 e. The lowest BCUT2D eigenvalue weighted by molar-refractivity contribution is -0.133. The maximum atomic E-state index is 12.1. The highest BCUT2D eigenvalue weighted by Gasteiger charge is 2.30. The van der Waals surface area contributed by atoms with E-state index in [9.17, 15) is 4.79 Å². The van der Waals surface area contributed by atoms with Crippen molar-refractivity contribution in [1.82, 2.24) is 4.90 Å².